The molecule has 7 heteroatoms. The summed E-state index contributed by atoms with van der Waals surface area (Å²) < 4.78 is 22.7. The largest absolute Gasteiger partial charge is 0.518 e. The van der Waals surface area contributed by atoms with E-state index in [1.165, 1.54) is 6.08 Å². The molecule has 0 unspecified atom stereocenters. The first-order valence-corrected chi connectivity index (χ1v) is 12.2. The highest BCUT2D eigenvalue weighted by molar-refractivity contribution is 6.82. The Hall–Kier alpha value is -0.736. The van der Waals surface area contributed by atoms with Crippen LogP contribution in [0.25, 0.3) is 0 Å². The van der Waals surface area contributed by atoms with E-state index in [1.54, 1.807) is 5.70 Å². The van der Waals surface area contributed by atoms with Gasteiger partial charge < -0.3 is 17.7 Å². The number of hydrogen-bond acceptors (Lipinski definition) is 5. The summed E-state index contributed by atoms with van der Waals surface area (Å²) in [6.07, 6.45) is 1.91. The molecule has 0 heterocycles. The Labute approximate surface area is 130 Å². The van der Waals surface area contributed by atoms with Gasteiger partial charge in [0.1, 0.15) is 0 Å². The number of rotatable bonds is 12. The Balaban J connectivity index is 4.48. The van der Waals surface area contributed by atoms with Gasteiger partial charge in [0.05, 0.1) is 6.61 Å². The second-order valence-corrected chi connectivity index (χ2v) is 12.0. The van der Waals surface area contributed by atoms with Crippen LogP contribution in [0.15, 0.2) is 24.9 Å². The van der Waals surface area contributed by atoms with Gasteiger partial charge in [-0.2, -0.15) is 0 Å². The minimum Gasteiger partial charge on any atom is -0.463 e. The zero-order valence-electron chi connectivity index (χ0n) is 13.6. The molecule has 5 nitrogen and oxygen atoms in total. The van der Waals surface area contributed by atoms with E-state index in [-0.39, 0.29) is 0 Å². The molecule has 0 aromatic rings. The number of ether oxygens (including phenoxy) is 1. The van der Waals surface area contributed by atoms with E-state index in [0.29, 0.717) is 19.8 Å². The van der Waals surface area contributed by atoms with Crippen molar-refractivity contribution in [2.45, 2.75) is 39.4 Å². The molecule has 0 rings (SSSR count). The topological polar surface area (TPSA) is 54.0 Å². The van der Waals surface area contributed by atoms with Crippen LogP contribution in [-0.2, 0) is 22.5 Å². The van der Waals surface area contributed by atoms with E-state index in [9.17, 15) is 4.79 Å². The summed E-state index contributed by atoms with van der Waals surface area (Å²) in [5.74, 6) is -0.395. The van der Waals surface area contributed by atoms with Gasteiger partial charge in [0.15, 0.2) is 8.32 Å². The average molecular weight is 333 g/mol. The molecular formula is C14H28O5Si2. The summed E-state index contributed by atoms with van der Waals surface area (Å²) in [6, 6.07) is 0.847. The van der Waals surface area contributed by atoms with E-state index in [0.717, 1.165) is 12.5 Å². The Morgan fingerprint density at radius 3 is 2.14 bits per heavy atom. The van der Waals surface area contributed by atoms with E-state index in [4.69, 9.17) is 17.7 Å². The average Bonchev–Trinajstić information content (AvgIpc) is 2.43. The van der Waals surface area contributed by atoms with Gasteiger partial charge in [0.2, 0.25) is 0 Å². The van der Waals surface area contributed by atoms with Gasteiger partial charge in [-0.3, -0.25) is 0 Å². The Bertz CT molecular complexity index is 338. The zero-order valence-corrected chi connectivity index (χ0v) is 15.6. The highest BCUT2D eigenvalue weighted by Crippen LogP contribution is 2.22. The minimum absolute atomic E-state index is 0.372. The van der Waals surface area contributed by atoms with Crippen molar-refractivity contribution < 1.29 is 22.5 Å². The first-order chi connectivity index (χ1) is 9.84. The van der Waals surface area contributed by atoms with Crippen molar-refractivity contribution in [1.82, 2.24) is 0 Å². The smallest absolute Gasteiger partial charge is 0.463 e. The summed E-state index contributed by atoms with van der Waals surface area (Å²) in [6.45, 7) is 16.6. The fourth-order valence-electron chi connectivity index (χ4n) is 1.83. The summed E-state index contributed by atoms with van der Waals surface area (Å²) in [5, 5.41) is 0. The van der Waals surface area contributed by atoms with E-state index < -0.39 is 23.1 Å². The molecule has 0 N–H and O–H groups in total. The lowest BCUT2D eigenvalue weighted by molar-refractivity contribution is -0.137. The van der Waals surface area contributed by atoms with Gasteiger partial charge in [-0.05, 0) is 45.1 Å². The molecule has 0 aromatic carbocycles. The molecule has 0 aliphatic carbocycles. The maximum absolute atomic E-state index is 11.0. The second-order valence-electron chi connectivity index (χ2n) is 5.01. The molecule has 0 spiro atoms. The predicted octanol–water partition coefficient (Wildman–Crippen LogP) is 3.06. The van der Waals surface area contributed by atoms with Crippen LogP contribution in [0.3, 0.4) is 0 Å². The maximum atomic E-state index is 11.0. The van der Waals surface area contributed by atoms with Gasteiger partial charge >= 0.3 is 14.8 Å². The number of hydrogen-bond donors (Lipinski definition) is 0. The predicted molar refractivity (Wildman–Crippen MR) is 88.4 cm³/mol. The Morgan fingerprint density at radius 1 is 1.14 bits per heavy atom. The molecule has 0 aliphatic rings. The monoisotopic (exact) mass is 332 g/mol. The molecule has 0 aromatic heterocycles. The number of carbonyl (C=O) groups is 1. The summed E-state index contributed by atoms with van der Waals surface area (Å²) in [5.41, 5.74) is 1.69. The van der Waals surface area contributed by atoms with Crippen molar-refractivity contribution in [3.05, 3.63) is 24.9 Å². The van der Waals surface area contributed by atoms with Gasteiger partial charge in [0.25, 0.3) is 0 Å². The Morgan fingerprint density at radius 2 is 1.71 bits per heavy atom. The van der Waals surface area contributed by atoms with Crippen molar-refractivity contribution in [3.8, 4) is 0 Å². The standard InChI is InChI=1S/C14H28O5Si2/c1-7-14(15)16-12-11-13-20(5,6)19-21(10-4,17-8-2)18-9-3/h7,10H,1,4,8-9,11-13H2,2-3,5-6H3. The molecule has 122 valence electrons. The van der Waals surface area contributed by atoms with Crippen LogP contribution in [0.1, 0.15) is 20.3 Å². The lowest BCUT2D eigenvalue weighted by atomic mass is 10.5. The third-order valence-corrected chi connectivity index (χ3v) is 9.48. The fourth-order valence-corrected chi connectivity index (χ4v) is 8.24. The molecule has 0 radical (unpaired) electrons. The van der Waals surface area contributed by atoms with Crippen molar-refractivity contribution in [1.29, 1.82) is 0 Å². The summed E-state index contributed by atoms with van der Waals surface area (Å²) >= 11 is 0. The molecule has 0 saturated heterocycles. The van der Waals surface area contributed by atoms with Crippen LogP contribution in [0.4, 0.5) is 0 Å². The van der Waals surface area contributed by atoms with Crippen LogP contribution in [0, 0.1) is 0 Å². The van der Waals surface area contributed by atoms with Crippen molar-refractivity contribution in [2.75, 3.05) is 19.8 Å². The molecule has 0 atom stereocenters. The van der Waals surface area contributed by atoms with E-state index in [2.05, 4.69) is 26.3 Å². The third-order valence-electron chi connectivity index (χ3n) is 2.69. The summed E-state index contributed by atoms with van der Waals surface area (Å²) in [4.78, 5) is 11.0. The van der Waals surface area contributed by atoms with Crippen LogP contribution in [-0.4, -0.2) is 42.9 Å². The third kappa shape index (κ3) is 8.32. The molecule has 21 heavy (non-hydrogen) atoms. The lowest BCUT2D eigenvalue weighted by Crippen LogP contribution is -2.52. The first-order valence-electron chi connectivity index (χ1n) is 7.25. The number of esters is 1. The van der Waals surface area contributed by atoms with Crippen LogP contribution < -0.4 is 0 Å². The van der Waals surface area contributed by atoms with Crippen LogP contribution in [0.2, 0.25) is 19.1 Å². The number of carbonyl (C=O) groups excluding carboxylic acids is 1. The van der Waals surface area contributed by atoms with Crippen molar-refractivity contribution in [3.63, 3.8) is 0 Å². The SMILES string of the molecule is C=CC(=O)OCCC[Si](C)(C)O[Si](C=C)(OCC)OCC. The van der Waals surface area contributed by atoms with Crippen molar-refractivity contribution >= 4 is 23.1 Å². The Kier molecular flexibility index (Phi) is 9.71. The van der Waals surface area contributed by atoms with Gasteiger partial charge in [-0.25, -0.2) is 4.79 Å². The van der Waals surface area contributed by atoms with Gasteiger partial charge in [-0.15, -0.1) is 0 Å². The molecule has 0 saturated carbocycles. The molecule has 0 aliphatic heterocycles. The maximum Gasteiger partial charge on any atom is 0.518 e. The minimum atomic E-state index is -2.79. The zero-order chi connectivity index (χ0) is 16.4. The first kappa shape index (κ1) is 20.3. The van der Waals surface area contributed by atoms with E-state index >= 15 is 0 Å². The lowest BCUT2D eigenvalue weighted by Gasteiger charge is -2.34. The normalized spacial score (nSPS) is 12.0. The van der Waals surface area contributed by atoms with Gasteiger partial charge in [0, 0.05) is 19.3 Å². The van der Waals surface area contributed by atoms with E-state index in [1.807, 2.05) is 13.8 Å². The highest BCUT2D eigenvalue weighted by atomic mass is 28.5. The van der Waals surface area contributed by atoms with Crippen LogP contribution >= 0.6 is 0 Å². The highest BCUT2D eigenvalue weighted by Gasteiger charge is 2.43. The van der Waals surface area contributed by atoms with Crippen molar-refractivity contribution in [2.24, 2.45) is 0 Å². The quantitative estimate of drug-likeness (QED) is 0.238. The fraction of sp³-hybridized carbons (Fsp3) is 0.643. The molecular weight excluding hydrogens is 304 g/mol. The molecule has 0 bridgehead atoms. The van der Waals surface area contributed by atoms with Crippen LogP contribution in [0.5, 0.6) is 0 Å². The molecule has 0 amide bonds. The summed E-state index contributed by atoms with van der Waals surface area (Å²) in [7, 11) is -4.79. The van der Waals surface area contributed by atoms with Gasteiger partial charge in [-0.1, -0.05) is 13.2 Å². The second kappa shape index (κ2) is 10.1. The molecule has 0 fully saturated rings.